The Kier molecular flexibility index (Phi) is 4.79. The number of rotatable bonds is 5. The van der Waals surface area contributed by atoms with Crippen LogP contribution in [-0.2, 0) is 6.42 Å². The lowest BCUT2D eigenvalue weighted by molar-refractivity contribution is 0.373. The molecule has 0 bridgehead atoms. The molecule has 0 aromatic carbocycles. The lowest BCUT2D eigenvalue weighted by Gasteiger charge is -2.22. The molecule has 1 heterocycles. The van der Waals surface area contributed by atoms with Gasteiger partial charge in [0.1, 0.15) is 18.0 Å². The van der Waals surface area contributed by atoms with Gasteiger partial charge < -0.3 is 11.1 Å². The molecule has 1 aromatic heterocycles. The van der Waals surface area contributed by atoms with Crippen LogP contribution in [0.15, 0.2) is 6.33 Å². The Labute approximate surface area is 109 Å². The molecular formula is C14H24N4. The SMILES string of the molecule is CCCc1c(N)ncnc1NCC1CCCCC1. The number of aromatic nitrogens is 2. The summed E-state index contributed by atoms with van der Waals surface area (Å²) in [4.78, 5) is 8.42. The van der Waals surface area contributed by atoms with Crippen molar-refractivity contribution in [2.24, 2.45) is 5.92 Å². The second-order valence-electron chi connectivity index (χ2n) is 5.22. The normalized spacial score (nSPS) is 16.7. The minimum Gasteiger partial charge on any atom is -0.383 e. The molecule has 4 heteroatoms. The predicted molar refractivity (Wildman–Crippen MR) is 75.5 cm³/mol. The Hall–Kier alpha value is -1.32. The van der Waals surface area contributed by atoms with Crippen molar-refractivity contribution < 1.29 is 0 Å². The van der Waals surface area contributed by atoms with Gasteiger partial charge in [-0.2, -0.15) is 0 Å². The molecule has 0 aliphatic heterocycles. The van der Waals surface area contributed by atoms with E-state index in [-0.39, 0.29) is 0 Å². The number of nitrogen functional groups attached to an aromatic ring is 1. The van der Waals surface area contributed by atoms with Crippen LogP contribution >= 0.6 is 0 Å². The molecule has 18 heavy (non-hydrogen) atoms. The van der Waals surface area contributed by atoms with Crippen molar-refractivity contribution in [3.05, 3.63) is 11.9 Å². The molecular weight excluding hydrogens is 224 g/mol. The van der Waals surface area contributed by atoms with E-state index in [1.54, 1.807) is 6.33 Å². The Morgan fingerprint density at radius 3 is 2.78 bits per heavy atom. The largest absolute Gasteiger partial charge is 0.383 e. The maximum Gasteiger partial charge on any atom is 0.134 e. The smallest absolute Gasteiger partial charge is 0.134 e. The van der Waals surface area contributed by atoms with Crippen molar-refractivity contribution in [1.82, 2.24) is 9.97 Å². The Bertz CT molecular complexity index is 372. The van der Waals surface area contributed by atoms with Gasteiger partial charge in [-0.15, -0.1) is 0 Å². The molecule has 0 saturated heterocycles. The van der Waals surface area contributed by atoms with E-state index in [2.05, 4.69) is 22.2 Å². The minimum atomic E-state index is 0.623. The van der Waals surface area contributed by atoms with Gasteiger partial charge in [0.2, 0.25) is 0 Å². The van der Waals surface area contributed by atoms with Gasteiger partial charge in [0, 0.05) is 12.1 Å². The number of hydrogen-bond donors (Lipinski definition) is 2. The van der Waals surface area contributed by atoms with Crippen molar-refractivity contribution in [2.45, 2.75) is 51.9 Å². The fraction of sp³-hybridized carbons (Fsp3) is 0.714. The molecule has 100 valence electrons. The molecule has 0 spiro atoms. The highest BCUT2D eigenvalue weighted by Gasteiger charge is 2.14. The Morgan fingerprint density at radius 1 is 1.28 bits per heavy atom. The van der Waals surface area contributed by atoms with Gasteiger partial charge in [-0.25, -0.2) is 9.97 Å². The van der Waals surface area contributed by atoms with E-state index in [9.17, 15) is 0 Å². The van der Waals surface area contributed by atoms with Crippen LogP contribution in [0.4, 0.5) is 11.6 Å². The van der Waals surface area contributed by atoms with Gasteiger partial charge in [-0.05, 0) is 25.2 Å². The van der Waals surface area contributed by atoms with Crippen molar-refractivity contribution in [2.75, 3.05) is 17.6 Å². The highest BCUT2D eigenvalue weighted by Crippen LogP contribution is 2.25. The molecule has 0 unspecified atom stereocenters. The van der Waals surface area contributed by atoms with Gasteiger partial charge in [-0.3, -0.25) is 0 Å². The number of nitrogens with zero attached hydrogens (tertiary/aromatic N) is 2. The Balaban J connectivity index is 1.97. The van der Waals surface area contributed by atoms with Crippen LogP contribution in [0.5, 0.6) is 0 Å². The van der Waals surface area contributed by atoms with E-state index < -0.39 is 0 Å². The van der Waals surface area contributed by atoms with Crippen molar-refractivity contribution in [1.29, 1.82) is 0 Å². The molecule has 2 rings (SSSR count). The first-order chi connectivity index (χ1) is 8.81. The van der Waals surface area contributed by atoms with Gasteiger partial charge in [0.05, 0.1) is 0 Å². The molecule has 4 nitrogen and oxygen atoms in total. The summed E-state index contributed by atoms with van der Waals surface area (Å²) in [7, 11) is 0. The first-order valence-electron chi connectivity index (χ1n) is 7.14. The van der Waals surface area contributed by atoms with Crippen molar-refractivity contribution in [3.63, 3.8) is 0 Å². The monoisotopic (exact) mass is 248 g/mol. The summed E-state index contributed by atoms with van der Waals surface area (Å²) in [5.41, 5.74) is 7.00. The lowest BCUT2D eigenvalue weighted by Crippen LogP contribution is -2.19. The summed E-state index contributed by atoms with van der Waals surface area (Å²) in [6.45, 7) is 3.17. The fourth-order valence-electron chi connectivity index (χ4n) is 2.71. The average Bonchev–Trinajstić information content (AvgIpc) is 2.41. The molecule has 0 atom stereocenters. The topological polar surface area (TPSA) is 63.8 Å². The molecule has 1 aliphatic carbocycles. The van der Waals surface area contributed by atoms with E-state index >= 15 is 0 Å². The second kappa shape index (κ2) is 6.57. The van der Waals surface area contributed by atoms with Crippen molar-refractivity contribution in [3.8, 4) is 0 Å². The highest BCUT2D eigenvalue weighted by atomic mass is 15.0. The fourth-order valence-corrected chi connectivity index (χ4v) is 2.71. The summed E-state index contributed by atoms with van der Waals surface area (Å²) in [5.74, 6) is 2.36. The zero-order valence-corrected chi connectivity index (χ0v) is 11.3. The van der Waals surface area contributed by atoms with Crippen LogP contribution in [0, 0.1) is 5.92 Å². The number of nitrogens with one attached hydrogen (secondary N) is 1. The zero-order chi connectivity index (χ0) is 12.8. The molecule has 3 N–H and O–H groups in total. The highest BCUT2D eigenvalue weighted by molar-refractivity contribution is 5.54. The third-order valence-electron chi connectivity index (χ3n) is 3.76. The molecule has 0 amide bonds. The molecule has 1 aliphatic rings. The third kappa shape index (κ3) is 3.34. The second-order valence-corrected chi connectivity index (χ2v) is 5.22. The summed E-state index contributed by atoms with van der Waals surface area (Å²) in [6, 6.07) is 0. The standard InChI is InChI=1S/C14H24N4/c1-2-6-12-13(15)17-10-18-14(12)16-9-11-7-4-3-5-8-11/h10-11H,2-9H2,1H3,(H3,15,16,17,18). The van der Waals surface area contributed by atoms with E-state index in [1.807, 2.05) is 0 Å². The average molecular weight is 248 g/mol. The Morgan fingerprint density at radius 2 is 2.06 bits per heavy atom. The first kappa shape index (κ1) is 13.1. The van der Waals surface area contributed by atoms with Crippen LogP contribution < -0.4 is 11.1 Å². The maximum absolute atomic E-state index is 5.93. The first-order valence-corrected chi connectivity index (χ1v) is 7.14. The van der Waals surface area contributed by atoms with E-state index in [0.29, 0.717) is 5.82 Å². The van der Waals surface area contributed by atoms with Gasteiger partial charge in [-0.1, -0.05) is 32.6 Å². The molecule has 1 fully saturated rings. The van der Waals surface area contributed by atoms with Gasteiger partial charge >= 0.3 is 0 Å². The quantitative estimate of drug-likeness (QED) is 0.840. The van der Waals surface area contributed by atoms with Crippen LogP contribution in [-0.4, -0.2) is 16.5 Å². The summed E-state index contributed by atoms with van der Waals surface area (Å²) >= 11 is 0. The molecule has 1 aromatic rings. The third-order valence-corrected chi connectivity index (χ3v) is 3.76. The number of hydrogen-bond acceptors (Lipinski definition) is 4. The van der Waals surface area contributed by atoms with E-state index in [0.717, 1.165) is 36.7 Å². The molecule has 1 saturated carbocycles. The van der Waals surface area contributed by atoms with E-state index in [1.165, 1.54) is 32.1 Å². The number of nitrogens with two attached hydrogens (primary N) is 1. The summed E-state index contributed by atoms with van der Waals surface area (Å²) in [5, 5.41) is 3.48. The van der Waals surface area contributed by atoms with Gasteiger partial charge in [0.15, 0.2) is 0 Å². The van der Waals surface area contributed by atoms with Gasteiger partial charge in [0.25, 0.3) is 0 Å². The maximum atomic E-state index is 5.93. The van der Waals surface area contributed by atoms with Crippen LogP contribution in [0.25, 0.3) is 0 Å². The summed E-state index contributed by atoms with van der Waals surface area (Å²) in [6.07, 6.45) is 10.4. The van der Waals surface area contributed by atoms with E-state index in [4.69, 9.17) is 5.73 Å². The van der Waals surface area contributed by atoms with Crippen LogP contribution in [0.2, 0.25) is 0 Å². The summed E-state index contributed by atoms with van der Waals surface area (Å²) < 4.78 is 0. The predicted octanol–water partition coefficient (Wildman–Crippen LogP) is 3.00. The van der Waals surface area contributed by atoms with Crippen LogP contribution in [0.3, 0.4) is 0 Å². The lowest BCUT2D eigenvalue weighted by atomic mass is 9.89. The van der Waals surface area contributed by atoms with Crippen molar-refractivity contribution >= 4 is 11.6 Å². The number of anilines is 2. The zero-order valence-electron chi connectivity index (χ0n) is 11.3. The minimum absolute atomic E-state index is 0.623. The van der Waals surface area contributed by atoms with Crippen LogP contribution in [0.1, 0.15) is 51.0 Å². The molecule has 0 radical (unpaired) electrons.